The van der Waals surface area contributed by atoms with Crippen LogP contribution < -0.4 is 5.32 Å². The van der Waals surface area contributed by atoms with Gasteiger partial charge in [-0.1, -0.05) is 29.4 Å². The standard InChI is InChI=1S/C16H13ClFN3OS/c1-9-2-4-11(7-12(9)18)19-15(22)8-23-16-20-13-5-3-10(17)6-14(13)21-16/h2-7H,8H2,1H3,(H,19,22)(H,20,21). The minimum atomic E-state index is -0.343. The van der Waals surface area contributed by atoms with Crippen LogP contribution in [0.25, 0.3) is 11.0 Å². The van der Waals surface area contributed by atoms with Crippen molar-refractivity contribution in [1.82, 2.24) is 9.97 Å². The van der Waals surface area contributed by atoms with E-state index in [2.05, 4.69) is 15.3 Å². The van der Waals surface area contributed by atoms with Crippen molar-refractivity contribution in [1.29, 1.82) is 0 Å². The van der Waals surface area contributed by atoms with Gasteiger partial charge in [-0.05, 0) is 42.8 Å². The summed E-state index contributed by atoms with van der Waals surface area (Å²) in [4.78, 5) is 19.4. The molecule has 1 aromatic heterocycles. The van der Waals surface area contributed by atoms with Crippen LogP contribution in [0.5, 0.6) is 0 Å². The van der Waals surface area contributed by atoms with E-state index >= 15 is 0 Å². The first-order valence-corrected chi connectivity index (χ1v) is 8.22. The van der Waals surface area contributed by atoms with Crippen molar-refractivity contribution in [3.63, 3.8) is 0 Å². The van der Waals surface area contributed by atoms with Crippen molar-refractivity contribution < 1.29 is 9.18 Å². The number of thioether (sulfide) groups is 1. The van der Waals surface area contributed by atoms with E-state index < -0.39 is 0 Å². The number of imidazole rings is 1. The molecule has 3 aromatic rings. The summed E-state index contributed by atoms with van der Waals surface area (Å²) in [7, 11) is 0. The lowest BCUT2D eigenvalue weighted by Gasteiger charge is -2.05. The van der Waals surface area contributed by atoms with Crippen LogP contribution in [-0.4, -0.2) is 21.6 Å². The number of hydrogen-bond donors (Lipinski definition) is 2. The van der Waals surface area contributed by atoms with Gasteiger partial charge in [-0.2, -0.15) is 0 Å². The molecule has 23 heavy (non-hydrogen) atoms. The number of rotatable bonds is 4. The Kier molecular flexibility index (Phi) is 4.54. The second-order valence-corrected chi connectivity index (χ2v) is 6.40. The summed E-state index contributed by atoms with van der Waals surface area (Å²) >= 11 is 7.19. The van der Waals surface area contributed by atoms with E-state index in [1.54, 1.807) is 31.2 Å². The number of H-pyrrole nitrogens is 1. The molecule has 0 atom stereocenters. The number of benzene rings is 2. The minimum Gasteiger partial charge on any atom is -0.333 e. The molecule has 0 saturated carbocycles. The largest absolute Gasteiger partial charge is 0.333 e. The Labute approximate surface area is 141 Å². The van der Waals surface area contributed by atoms with Gasteiger partial charge in [-0.25, -0.2) is 9.37 Å². The third-order valence-corrected chi connectivity index (χ3v) is 4.33. The molecule has 0 aliphatic heterocycles. The fourth-order valence-corrected chi connectivity index (χ4v) is 2.89. The number of aromatic amines is 1. The molecule has 0 unspecified atom stereocenters. The molecular formula is C16H13ClFN3OS. The van der Waals surface area contributed by atoms with E-state index in [4.69, 9.17) is 11.6 Å². The van der Waals surface area contributed by atoms with Gasteiger partial charge in [0, 0.05) is 10.7 Å². The molecule has 0 aliphatic rings. The highest BCUT2D eigenvalue weighted by Crippen LogP contribution is 2.22. The highest BCUT2D eigenvalue weighted by atomic mass is 35.5. The Balaban J connectivity index is 1.62. The van der Waals surface area contributed by atoms with Crippen LogP contribution in [0.1, 0.15) is 5.56 Å². The number of hydrogen-bond acceptors (Lipinski definition) is 3. The van der Waals surface area contributed by atoms with Gasteiger partial charge < -0.3 is 10.3 Å². The smallest absolute Gasteiger partial charge is 0.234 e. The van der Waals surface area contributed by atoms with Crippen LogP contribution in [-0.2, 0) is 4.79 Å². The molecule has 2 N–H and O–H groups in total. The van der Waals surface area contributed by atoms with Gasteiger partial charge in [0.1, 0.15) is 5.82 Å². The van der Waals surface area contributed by atoms with Crippen molar-refractivity contribution in [3.05, 3.63) is 52.8 Å². The predicted molar refractivity (Wildman–Crippen MR) is 91.6 cm³/mol. The molecule has 7 heteroatoms. The summed E-state index contributed by atoms with van der Waals surface area (Å²) in [6.45, 7) is 1.67. The summed E-state index contributed by atoms with van der Waals surface area (Å²) in [5.41, 5.74) is 2.59. The van der Waals surface area contributed by atoms with E-state index in [9.17, 15) is 9.18 Å². The van der Waals surface area contributed by atoms with Crippen molar-refractivity contribution >= 4 is 46.0 Å². The minimum absolute atomic E-state index is 0.170. The maximum atomic E-state index is 13.4. The van der Waals surface area contributed by atoms with E-state index in [0.717, 1.165) is 11.0 Å². The first-order chi connectivity index (χ1) is 11.0. The molecule has 4 nitrogen and oxygen atoms in total. The van der Waals surface area contributed by atoms with Crippen LogP contribution in [0.15, 0.2) is 41.6 Å². The first-order valence-electron chi connectivity index (χ1n) is 6.85. The predicted octanol–water partition coefficient (Wildman–Crippen LogP) is 4.39. The lowest BCUT2D eigenvalue weighted by atomic mass is 10.2. The summed E-state index contributed by atoms with van der Waals surface area (Å²) in [5.74, 6) is -0.398. The second-order valence-electron chi connectivity index (χ2n) is 5.00. The fraction of sp³-hybridized carbons (Fsp3) is 0.125. The molecular weight excluding hydrogens is 337 g/mol. The summed E-state index contributed by atoms with van der Waals surface area (Å²) in [6.07, 6.45) is 0. The van der Waals surface area contributed by atoms with Gasteiger partial charge in [-0.3, -0.25) is 4.79 Å². The Morgan fingerprint density at radius 2 is 2.17 bits per heavy atom. The lowest BCUT2D eigenvalue weighted by molar-refractivity contribution is -0.113. The number of anilines is 1. The van der Waals surface area contributed by atoms with E-state index in [1.807, 2.05) is 6.07 Å². The highest BCUT2D eigenvalue weighted by molar-refractivity contribution is 7.99. The van der Waals surface area contributed by atoms with Crippen molar-refractivity contribution in [2.45, 2.75) is 12.1 Å². The van der Waals surface area contributed by atoms with Crippen molar-refractivity contribution in [3.8, 4) is 0 Å². The number of fused-ring (bicyclic) bond motifs is 1. The number of nitrogens with one attached hydrogen (secondary N) is 2. The van der Waals surface area contributed by atoms with Crippen LogP contribution in [0.2, 0.25) is 5.02 Å². The molecule has 0 fully saturated rings. The van der Waals surface area contributed by atoms with Gasteiger partial charge in [0.25, 0.3) is 0 Å². The van der Waals surface area contributed by atoms with Crippen molar-refractivity contribution in [2.24, 2.45) is 0 Å². The number of carbonyl (C=O) groups excluding carboxylic acids is 1. The average Bonchev–Trinajstić information content (AvgIpc) is 2.91. The number of halogens is 2. The summed E-state index contributed by atoms with van der Waals surface area (Å²) in [6, 6.07) is 9.96. The third kappa shape index (κ3) is 3.83. The molecule has 3 rings (SSSR count). The van der Waals surface area contributed by atoms with Gasteiger partial charge in [0.2, 0.25) is 5.91 Å². The van der Waals surface area contributed by atoms with Crippen LogP contribution in [0.4, 0.5) is 10.1 Å². The Hall–Kier alpha value is -2.05. The van der Waals surface area contributed by atoms with E-state index in [-0.39, 0.29) is 17.5 Å². The molecule has 0 radical (unpaired) electrons. The average molecular weight is 350 g/mol. The topological polar surface area (TPSA) is 57.8 Å². The number of carbonyl (C=O) groups is 1. The Morgan fingerprint density at radius 1 is 1.35 bits per heavy atom. The molecule has 0 spiro atoms. The molecule has 118 valence electrons. The van der Waals surface area contributed by atoms with Crippen LogP contribution in [0, 0.1) is 12.7 Å². The molecule has 1 amide bonds. The van der Waals surface area contributed by atoms with Crippen LogP contribution in [0.3, 0.4) is 0 Å². The van der Waals surface area contributed by atoms with Crippen molar-refractivity contribution in [2.75, 3.05) is 11.1 Å². The molecule has 0 saturated heterocycles. The maximum absolute atomic E-state index is 13.4. The Morgan fingerprint density at radius 3 is 2.96 bits per heavy atom. The van der Waals surface area contributed by atoms with E-state index in [1.165, 1.54) is 17.8 Å². The Bertz CT molecular complexity index is 881. The zero-order valence-electron chi connectivity index (χ0n) is 12.2. The second kappa shape index (κ2) is 6.60. The lowest BCUT2D eigenvalue weighted by Crippen LogP contribution is -2.14. The highest BCUT2D eigenvalue weighted by Gasteiger charge is 2.09. The van der Waals surface area contributed by atoms with Gasteiger partial charge in [0.05, 0.1) is 16.8 Å². The normalized spacial score (nSPS) is 10.9. The van der Waals surface area contributed by atoms with Crippen LogP contribution >= 0.6 is 23.4 Å². The summed E-state index contributed by atoms with van der Waals surface area (Å²) < 4.78 is 13.4. The van der Waals surface area contributed by atoms with E-state index in [0.29, 0.717) is 21.4 Å². The molecule has 1 heterocycles. The first kappa shape index (κ1) is 15.8. The van der Waals surface area contributed by atoms with Gasteiger partial charge >= 0.3 is 0 Å². The van der Waals surface area contributed by atoms with Gasteiger partial charge in [0.15, 0.2) is 5.16 Å². The number of aromatic nitrogens is 2. The molecule has 0 bridgehead atoms. The van der Waals surface area contributed by atoms with Gasteiger partial charge in [-0.15, -0.1) is 0 Å². The zero-order chi connectivity index (χ0) is 16.4. The zero-order valence-corrected chi connectivity index (χ0v) is 13.8. The number of aryl methyl sites for hydroxylation is 1. The molecule has 0 aliphatic carbocycles. The quantitative estimate of drug-likeness (QED) is 0.686. The number of amides is 1. The SMILES string of the molecule is Cc1ccc(NC(=O)CSc2nc3ccc(Cl)cc3[nH]2)cc1F. The monoisotopic (exact) mass is 349 g/mol. The summed E-state index contributed by atoms with van der Waals surface area (Å²) in [5, 5.41) is 3.91. The third-order valence-electron chi connectivity index (χ3n) is 3.22. The maximum Gasteiger partial charge on any atom is 0.234 e. The fourth-order valence-electron chi connectivity index (χ4n) is 2.03. The molecule has 2 aromatic carbocycles. The number of nitrogens with zero attached hydrogens (tertiary/aromatic N) is 1.